The van der Waals surface area contributed by atoms with Gasteiger partial charge in [-0.25, -0.2) is 0 Å². The molecule has 1 aromatic rings. The number of methoxy groups -OCH3 is 1. The van der Waals surface area contributed by atoms with Gasteiger partial charge in [-0.1, -0.05) is 12.1 Å². The molecule has 102 valence electrons. The monoisotopic (exact) mass is 263 g/mol. The van der Waals surface area contributed by atoms with Gasteiger partial charge < -0.3 is 4.74 Å². The van der Waals surface area contributed by atoms with Gasteiger partial charge in [0.1, 0.15) is 0 Å². The van der Waals surface area contributed by atoms with Gasteiger partial charge in [0.25, 0.3) is 5.69 Å². The van der Waals surface area contributed by atoms with E-state index in [1.54, 1.807) is 19.2 Å². The Morgan fingerprint density at radius 2 is 2.26 bits per heavy atom. The van der Waals surface area contributed by atoms with Crippen molar-refractivity contribution in [3.8, 4) is 6.07 Å². The standard InChI is InChI=1S/C13H17N3O3/c1-19-9-8-15(7-3-6-14)11-12-4-2-5-13(10-12)16(17)18/h2,4-5,10H,3,7-9,11H2,1H3. The lowest BCUT2D eigenvalue weighted by Crippen LogP contribution is -2.28. The fraction of sp³-hybridized carbons (Fsp3) is 0.462. The number of nitriles is 1. The van der Waals surface area contributed by atoms with Crippen LogP contribution in [0.5, 0.6) is 0 Å². The highest BCUT2D eigenvalue weighted by Gasteiger charge is 2.09. The quantitative estimate of drug-likeness (QED) is 0.529. The van der Waals surface area contributed by atoms with E-state index in [1.165, 1.54) is 6.07 Å². The molecule has 1 aromatic carbocycles. The summed E-state index contributed by atoms with van der Waals surface area (Å²) in [6.07, 6.45) is 0.429. The molecule has 0 unspecified atom stereocenters. The number of nitrogens with zero attached hydrogens (tertiary/aromatic N) is 3. The van der Waals surface area contributed by atoms with Crippen molar-refractivity contribution in [3.05, 3.63) is 39.9 Å². The van der Waals surface area contributed by atoms with Gasteiger partial charge in [-0.3, -0.25) is 15.0 Å². The average molecular weight is 263 g/mol. The minimum absolute atomic E-state index is 0.0875. The van der Waals surface area contributed by atoms with Crippen LogP contribution in [-0.4, -0.2) is 36.6 Å². The Labute approximate surface area is 112 Å². The fourth-order valence-corrected chi connectivity index (χ4v) is 1.73. The highest BCUT2D eigenvalue weighted by Crippen LogP contribution is 2.14. The molecule has 0 N–H and O–H groups in total. The molecule has 0 heterocycles. The molecule has 6 nitrogen and oxygen atoms in total. The Bertz CT molecular complexity index is 457. The van der Waals surface area contributed by atoms with E-state index < -0.39 is 4.92 Å². The van der Waals surface area contributed by atoms with Crippen LogP contribution in [0.1, 0.15) is 12.0 Å². The summed E-state index contributed by atoms with van der Waals surface area (Å²) < 4.78 is 5.02. The van der Waals surface area contributed by atoms with E-state index in [-0.39, 0.29) is 5.69 Å². The molecule has 0 fully saturated rings. The third-order valence-electron chi connectivity index (χ3n) is 2.68. The summed E-state index contributed by atoms with van der Waals surface area (Å²) in [5.74, 6) is 0. The number of hydrogen-bond acceptors (Lipinski definition) is 5. The van der Waals surface area contributed by atoms with E-state index in [0.29, 0.717) is 32.7 Å². The van der Waals surface area contributed by atoms with Gasteiger partial charge >= 0.3 is 0 Å². The van der Waals surface area contributed by atoms with Crippen LogP contribution < -0.4 is 0 Å². The zero-order valence-electron chi connectivity index (χ0n) is 10.9. The van der Waals surface area contributed by atoms with Crippen molar-refractivity contribution in [1.29, 1.82) is 5.26 Å². The van der Waals surface area contributed by atoms with Crippen LogP contribution in [0.4, 0.5) is 5.69 Å². The molecule has 0 saturated carbocycles. The SMILES string of the molecule is COCCN(CCC#N)Cc1cccc([N+](=O)[O-])c1. The normalized spacial score (nSPS) is 10.4. The van der Waals surface area contributed by atoms with Gasteiger partial charge in [0, 0.05) is 45.3 Å². The smallest absolute Gasteiger partial charge is 0.269 e. The van der Waals surface area contributed by atoms with Crippen LogP contribution in [0.2, 0.25) is 0 Å². The van der Waals surface area contributed by atoms with Crippen molar-refractivity contribution in [2.24, 2.45) is 0 Å². The van der Waals surface area contributed by atoms with Gasteiger partial charge in [0.2, 0.25) is 0 Å². The number of rotatable bonds is 8. The molecule has 0 saturated heterocycles. The maximum absolute atomic E-state index is 10.7. The summed E-state index contributed by atoms with van der Waals surface area (Å²) in [6.45, 7) is 2.47. The maximum atomic E-state index is 10.7. The van der Waals surface area contributed by atoms with Crippen LogP contribution in [0.3, 0.4) is 0 Å². The lowest BCUT2D eigenvalue weighted by Gasteiger charge is -2.20. The Morgan fingerprint density at radius 3 is 2.89 bits per heavy atom. The second-order valence-electron chi connectivity index (χ2n) is 4.10. The second kappa shape index (κ2) is 8.19. The average Bonchev–Trinajstić information content (AvgIpc) is 2.42. The molecule has 0 aliphatic carbocycles. The van der Waals surface area contributed by atoms with E-state index >= 15 is 0 Å². The highest BCUT2D eigenvalue weighted by molar-refractivity contribution is 5.34. The van der Waals surface area contributed by atoms with E-state index in [4.69, 9.17) is 10.00 Å². The lowest BCUT2D eigenvalue weighted by atomic mass is 10.2. The van der Waals surface area contributed by atoms with Crippen molar-refractivity contribution in [3.63, 3.8) is 0 Å². The zero-order valence-corrected chi connectivity index (χ0v) is 10.9. The Hall–Kier alpha value is -1.97. The van der Waals surface area contributed by atoms with Crippen LogP contribution in [0, 0.1) is 21.4 Å². The summed E-state index contributed by atoms with van der Waals surface area (Å²) in [6, 6.07) is 8.65. The number of ether oxygens (including phenoxy) is 1. The summed E-state index contributed by atoms with van der Waals surface area (Å²) in [5, 5.41) is 19.3. The molecular formula is C13H17N3O3. The van der Waals surface area contributed by atoms with Crippen LogP contribution in [-0.2, 0) is 11.3 Å². The van der Waals surface area contributed by atoms with Crippen molar-refractivity contribution in [2.75, 3.05) is 26.8 Å². The maximum Gasteiger partial charge on any atom is 0.269 e. The summed E-state index contributed by atoms with van der Waals surface area (Å²) >= 11 is 0. The number of non-ortho nitro benzene ring substituents is 1. The molecule has 0 atom stereocenters. The minimum Gasteiger partial charge on any atom is -0.383 e. The Kier molecular flexibility index (Phi) is 6.50. The van der Waals surface area contributed by atoms with E-state index in [0.717, 1.165) is 5.56 Å². The first-order valence-electron chi connectivity index (χ1n) is 5.99. The van der Waals surface area contributed by atoms with E-state index in [2.05, 4.69) is 6.07 Å². The molecule has 0 bridgehead atoms. The summed E-state index contributed by atoms with van der Waals surface area (Å²) in [7, 11) is 1.62. The molecule has 0 aromatic heterocycles. The van der Waals surface area contributed by atoms with Crippen LogP contribution in [0.25, 0.3) is 0 Å². The molecule has 0 aliphatic heterocycles. The molecule has 19 heavy (non-hydrogen) atoms. The van der Waals surface area contributed by atoms with E-state index in [1.807, 2.05) is 11.0 Å². The number of nitro benzene ring substituents is 1. The topological polar surface area (TPSA) is 79.4 Å². The van der Waals surface area contributed by atoms with Gasteiger partial charge in [0.15, 0.2) is 0 Å². The number of nitro groups is 1. The predicted molar refractivity (Wildman–Crippen MR) is 70.5 cm³/mol. The second-order valence-corrected chi connectivity index (χ2v) is 4.10. The van der Waals surface area contributed by atoms with Crippen molar-refractivity contribution < 1.29 is 9.66 Å². The third kappa shape index (κ3) is 5.46. The first kappa shape index (κ1) is 15.1. The van der Waals surface area contributed by atoms with Crippen molar-refractivity contribution in [1.82, 2.24) is 4.90 Å². The number of benzene rings is 1. The molecule has 1 rings (SSSR count). The predicted octanol–water partition coefficient (Wildman–Crippen LogP) is 1.96. The number of hydrogen-bond donors (Lipinski definition) is 0. The van der Waals surface area contributed by atoms with Crippen molar-refractivity contribution >= 4 is 5.69 Å². The van der Waals surface area contributed by atoms with Gasteiger partial charge in [-0.05, 0) is 5.56 Å². The third-order valence-corrected chi connectivity index (χ3v) is 2.68. The van der Waals surface area contributed by atoms with E-state index in [9.17, 15) is 10.1 Å². The molecule has 0 aliphatic rings. The molecule has 0 amide bonds. The van der Waals surface area contributed by atoms with Crippen molar-refractivity contribution in [2.45, 2.75) is 13.0 Å². The Morgan fingerprint density at radius 1 is 1.47 bits per heavy atom. The minimum atomic E-state index is -0.404. The molecule has 0 radical (unpaired) electrons. The Balaban J connectivity index is 2.68. The fourth-order valence-electron chi connectivity index (χ4n) is 1.73. The van der Waals surface area contributed by atoms with Gasteiger partial charge in [-0.2, -0.15) is 5.26 Å². The first-order valence-corrected chi connectivity index (χ1v) is 5.99. The molecular weight excluding hydrogens is 246 g/mol. The highest BCUT2D eigenvalue weighted by atomic mass is 16.6. The molecule has 0 spiro atoms. The first-order chi connectivity index (χ1) is 9.17. The summed E-state index contributed by atoms with van der Waals surface area (Å²) in [5.41, 5.74) is 0.952. The van der Waals surface area contributed by atoms with Gasteiger partial charge in [-0.15, -0.1) is 0 Å². The summed E-state index contributed by atoms with van der Waals surface area (Å²) in [4.78, 5) is 12.4. The zero-order chi connectivity index (χ0) is 14.1. The molecule has 6 heteroatoms. The largest absolute Gasteiger partial charge is 0.383 e. The lowest BCUT2D eigenvalue weighted by molar-refractivity contribution is -0.384. The van der Waals surface area contributed by atoms with Crippen LogP contribution >= 0.6 is 0 Å². The van der Waals surface area contributed by atoms with Crippen LogP contribution in [0.15, 0.2) is 24.3 Å². The van der Waals surface area contributed by atoms with Gasteiger partial charge in [0.05, 0.1) is 17.6 Å².